The van der Waals surface area contributed by atoms with Crippen molar-refractivity contribution in [3.8, 4) is 0 Å². The molecule has 0 bridgehead atoms. The first-order valence-corrected chi connectivity index (χ1v) is 4.84. The molecule has 0 atom stereocenters. The Balaban J connectivity index is 2.20. The van der Waals surface area contributed by atoms with Gasteiger partial charge in [0.15, 0.2) is 0 Å². The minimum Gasteiger partial charge on any atom is -0.382 e. The van der Waals surface area contributed by atoms with E-state index < -0.39 is 0 Å². The molecule has 6 heteroatoms. The van der Waals surface area contributed by atoms with Crippen molar-refractivity contribution in [2.75, 3.05) is 5.73 Å². The van der Waals surface area contributed by atoms with Crippen molar-refractivity contribution in [1.82, 2.24) is 24.5 Å². The van der Waals surface area contributed by atoms with E-state index in [9.17, 15) is 0 Å². The molecule has 0 saturated heterocycles. The fourth-order valence-corrected chi connectivity index (χ4v) is 1.43. The van der Waals surface area contributed by atoms with Crippen LogP contribution in [-0.4, -0.2) is 24.5 Å². The Kier molecular flexibility index (Phi) is 2.40. The van der Waals surface area contributed by atoms with Crippen molar-refractivity contribution >= 4 is 5.82 Å². The summed E-state index contributed by atoms with van der Waals surface area (Å²) in [4.78, 5) is 4.19. The second kappa shape index (κ2) is 3.72. The molecule has 0 spiro atoms. The van der Waals surface area contributed by atoms with Crippen molar-refractivity contribution < 1.29 is 0 Å². The predicted molar refractivity (Wildman–Crippen MR) is 56.1 cm³/mol. The van der Waals surface area contributed by atoms with Gasteiger partial charge in [-0.2, -0.15) is 10.2 Å². The van der Waals surface area contributed by atoms with E-state index in [2.05, 4.69) is 29.0 Å². The Morgan fingerprint density at radius 1 is 1.47 bits per heavy atom. The Labute approximate surface area is 87.7 Å². The van der Waals surface area contributed by atoms with Gasteiger partial charge in [0.05, 0.1) is 0 Å². The zero-order valence-electron chi connectivity index (χ0n) is 8.83. The van der Waals surface area contributed by atoms with Gasteiger partial charge in [0.1, 0.15) is 24.5 Å². The van der Waals surface area contributed by atoms with Crippen LogP contribution in [0.4, 0.5) is 5.82 Å². The molecule has 80 valence electrons. The molecular weight excluding hydrogens is 192 g/mol. The second-order valence-corrected chi connectivity index (χ2v) is 3.65. The van der Waals surface area contributed by atoms with Gasteiger partial charge in [-0.05, 0) is 19.9 Å². The van der Waals surface area contributed by atoms with Gasteiger partial charge in [-0.25, -0.2) is 9.67 Å². The molecule has 0 aliphatic heterocycles. The molecular formula is C9H14N6. The number of rotatable bonds is 3. The number of hydrogen-bond donors (Lipinski definition) is 1. The summed E-state index contributed by atoms with van der Waals surface area (Å²) in [6.45, 7) is 4.72. The fraction of sp³-hybridized carbons (Fsp3) is 0.444. The number of nitrogens with two attached hydrogens (primary N) is 1. The quantitative estimate of drug-likeness (QED) is 0.801. The van der Waals surface area contributed by atoms with Crippen LogP contribution in [0.3, 0.4) is 0 Å². The first-order valence-electron chi connectivity index (χ1n) is 4.84. The van der Waals surface area contributed by atoms with Gasteiger partial charge < -0.3 is 5.73 Å². The third-order valence-corrected chi connectivity index (χ3v) is 2.10. The zero-order valence-corrected chi connectivity index (χ0v) is 8.83. The van der Waals surface area contributed by atoms with E-state index in [1.807, 2.05) is 10.9 Å². The molecule has 2 heterocycles. The zero-order chi connectivity index (χ0) is 10.8. The number of nitrogen functional groups attached to an aromatic ring is 1. The highest BCUT2D eigenvalue weighted by molar-refractivity contribution is 5.23. The van der Waals surface area contributed by atoms with Gasteiger partial charge in [0.2, 0.25) is 0 Å². The highest BCUT2D eigenvalue weighted by atomic mass is 15.4. The summed E-state index contributed by atoms with van der Waals surface area (Å²) < 4.78 is 3.62. The van der Waals surface area contributed by atoms with E-state index in [1.54, 1.807) is 17.1 Å². The molecule has 0 radical (unpaired) electrons. The molecule has 15 heavy (non-hydrogen) atoms. The van der Waals surface area contributed by atoms with Crippen molar-refractivity contribution in [2.24, 2.45) is 0 Å². The molecule has 0 amide bonds. The minimum absolute atomic E-state index is 0.301. The van der Waals surface area contributed by atoms with E-state index >= 15 is 0 Å². The number of hydrogen-bond acceptors (Lipinski definition) is 4. The van der Waals surface area contributed by atoms with Gasteiger partial charge in [-0.15, -0.1) is 0 Å². The van der Waals surface area contributed by atoms with Crippen LogP contribution in [-0.2, 0) is 6.54 Å². The van der Waals surface area contributed by atoms with Gasteiger partial charge in [-0.1, -0.05) is 0 Å². The number of nitrogens with zero attached hydrogens (tertiary/aromatic N) is 5. The summed E-state index contributed by atoms with van der Waals surface area (Å²) in [6.07, 6.45) is 3.39. The maximum absolute atomic E-state index is 5.53. The van der Waals surface area contributed by atoms with E-state index in [4.69, 9.17) is 5.73 Å². The smallest absolute Gasteiger partial charge is 0.148 e. The average molecular weight is 206 g/mol. The summed E-state index contributed by atoms with van der Waals surface area (Å²) >= 11 is 0. The van der Waals surface area contributed by atoms with Gasteiger partial charge >= 0.3 is 0 Å². The molecule has 0 aliphatic rings. The largest absolute Gasteiger partial charge is 0.382 e. The lowest BCUT2D eigenvalue weighted by Gasteiger charge is -2.08. The van der Waals surface area contributed by atoms with Crippen molar-refractivity contribution in [3.05, 3.63) is 24.4 Å². The first kappa shape index (κ1) is 9.70. The Morgan fingerprint density at radius 2 is 2.27 bits per heavy atom. The molecule has 2 rings (SSSR count). The highest BCUT2D eigenvalue weighted by Gasteiger charge is 2.08. The monoisotopic (exact) mass is 206 g/mol. The summed E-state index contributed by atoms with van der Waals surface area (Å²) in [5, 5.41) is 8.25. The molecule has 0 fully saturated rings. The topological polar surface area (TPSA) is 74.5 Å². The predicted octanol–water partition coefficient (Wildman–Crippen LogP) is 0.686. The molecule has 6 nitrogen and oxygen atoms in total. The number of anilines is 1. The van der Waals surface area contributed by atoms with Gasteiger partial charge in [0, 0.05) is 12.2 Å². The maximum Gasteiger partial charge on any atom is 0.148 e. The van der Waals surface area contributed by atoms with Crippen LogP contribution in [0.2, 0.25) is 0 Å². The fourth-order valence-electron chi connectivity index (χ4n) is 1.43. The van der Waals surface area contributed by atoms with Crippen LogP contribution < -0.4 is 5.73 Å². The summed E-state index contributed by atoms with van der Waals surface area (Å²) in [5.74, 6) is 1.40. The number of aromatic nitrogens is 5. The van der Waals surface area contributed by atoms with E-state index in [0.717, 1.165) is 5.82 Å². The molecule has 2 N–H and O–H groups in total. The van der Waals surface area contributed by atoms with Crippen LogP contribution in [0.25, 0.3) is 0 Å². The van der Waals surface area contributed by atoms with Gasteiger partial charge in [0.25, 0.3) is 0 Å². The lowest BCUT2D eigenvalue weighted by molar-refractivity contribution is 0.488. The third-order valence-electron chi connectivity index (χ3n) is 2.10. The maximum atomic E-state index is 5.53. The molecule has 2 aromatic heterocycles. The first-order chi connectivity index (χ1) is 7.16. The van der Waals surface area contributed by atoms with E-state index in [1.165, 1.54) is 0 Å². The van der Waals surface area contributed by atoms with Crippen LogP contribution in [0.1, 0.15) is 25.7 Å². The molecule has 2 aromatic rings. The summed E-state index contributed by atoms with van der Waals surface area (Å²) in [5.41, 5.74) is 5.53. The van der Waals surface area contributed by atoms with Crippen molar-refractivity contribution in [1.29, 1.82) is 0 Å². The SMILES string of the molecule is CC(C)n1ncnc1Cn1ccc(N)n1. The van der Waals surface area contributed by atoms with E-state index in [0.29, 0.717) is 18.4 Å². The normalized spacial score (nSPS) is 11.1. The summed E-state index contributed by atoms with van der Waals surface area (Å²) in [7, 11) is 0. The second-order valence-electron chi connectivity index (χ2n) is 3.65. The Morgan fingerprint density at radius 3 is 2.87 bits per heavy atom. The van der Waals surface area contributed by atoms with Crippen molar-refractivity contribution in [2.45, 2.75) is 26.4 Å². The van der Waals surface area contributed by atoms with Crippen LogP contribution in [0.5, 0.6) is 0 Å². The Bertz CT molecular complexity index is 441. The third kappa shape index (κ3) is 1.98. The van der Waals surface area contributed by atoms with Crippen LogP contribution in [0, 0.1) is 0 Å². The van der Waals surface area contributed by atoms with Crippen LogP contribution in [0.15, 0.2) is 18.6 Å². The lowest BCUT2D eigenvalue weighted by atomic mass is 10.4. The van der Waals surface area contributed by atoms with Crippen molar-refractivity contribution in [3.63, 3.8) is 0 Å². The molecule has 0 saturated carbocycles. The lowest BCUT2D eigenvalue weighted by Crippen LogP contribution is -2.12. The standard InChI is InChI=1S/C9H14N6/c1-7(2)15-9(11-6-12-15)5-14-4-3-8(10)13-14/h3-4,6-7H,5H2,1-2H3,(H2,10,13). The Hall–Kier alpha value is -1.85. The van der Waals surface area contributed by atoms with Crippen LogP contribution >= 0.6 is 0 Å². The highest BCUT2D eigenvalue weighted by Crippen LogP contribution is 2.07. The molecule has 0 aromatic carbocycles. The van der Waals surface area contributed by atoms with E-state index in [-0.39, 0.29) is 0 Å². The average Bonchev–Trinajstić information content (AvgIpc) is 2.75. The molecule has 0 aliphatic carbocycles. The minimum atomic E-state index is 0.301. The summed E-state index contributed by atoms with van der Waals surface area (Å²) in [6, 6.07) is 2.06. The molecule has 0 unspecified atom stereocenters. The van der Waals surface area contributed by atoms with Gasteiger partial charge in [-0.3, -0.25) is 4.68 Å².